The third kappa shape index (κ3) is 18.1. The summed E-state index contributed by atoms with van der Waals surface area (Å²) < 4.78 is 5.78. The van der Waals surface area contributed by atoms with Crippen LogP contribution < -0.4 is 31.9 Å². The number of methoxy groups -OCH3 is 1. The Morgan fingerprint density at radius 3 is 1.96 bits per heavy atom. The normalized spacial score (nSPS) is 26.0. The number of likely N-dealkylation sites (N-methyl/N-ethyl adjacent to an activating group) is 1. The monoisotopic (exact) mass is 953 g/mol. The maximum absolute atomic E-state index is 13.8. The highest BCUT2D eigenvalue weighted by molar-refractivity contribution is 6.01. The van der Waals surface area contributed by atoms with E-state index in [0.29, 0.717) is 12.0 Å². The molecule has 0 radical (unpaired) electrons. The Hall–Kier alpha value is -6.90. The zero-order valence-electron chi connectivity index (χ0n) is 40.0. The molecule has 0 bridgehead atoms. The molecule has 374 valence electrons. The van der Waals surface area contributed by atoms with Gasteiger partial charge in [0.1, 0.15) is 35.9 Å². The highest BCUT2D eigenvalue weighted by Crippen LogP contribution is 2.19. The smallest absolute Gasteiger partial charge is 0.327 e. The van der Waals surface area contributed by atoms with E-state index in [1.165, 1.54) is 26.8 Å². The third-order valence-corrected chi connectivity index (χ3v) is 11.4. The number of allylic oxidation sites excluding steroid dienone is 2. The lowest BCUT2D eigenvalue weighted by Gasteiger charge is -2.28. The van der Waals surface area contributed by atoms with E-state index in [-0.39, 0.29) is 24.4 Å². The second kappa shape index (κ2) is 27.0. The van der Waals surface area contributed by atoms with Crippen LogP contribution in [0.5, 0.6) is 0 Å². The summed E-state index contributed by atoms with van der Waals surface area (Å²) in [5, 5.41) is 44.1. The summed E-state index contributed by atoms with van der Waals surface area (Å²) in [5.74, 6) is -14.8. The van der Waals surface area contributed by atoms with Crippen molar-refractivity contribution in [2.24, 2.45) is 23.7 Å². The number of nitrogens with zero attached hydrogens (tertiary/aromatic N) is 1. The van der Waals surface area contributed by atoms with Gasteiger partial charge in [-0.3, -0.25) is 38.4 Å². The standard InChI is InChI=1S/C47H67N7O14/c1-24(2)20-34-45(63)53-39(47(66)67)28(6)41(59)48-29(7)42(60)49-32(17-16-25(3)21-26(4)36(68-10)22-31-14-12-11-13-15-31)27(5)40(58)50-33(46(64)65)18-19-37(55)54(9)30(8)43(61)51-35(23-38(56)57)44(62)52-34/h11-17,21,24,26-29,32-36,39H,8,18-20,22-23H2,1-7,9-10H3,(H,48,59)(H,49,60)(H,50,58)(H,51,61)(H,52,62)(H,53,63)(H,56,57)(H,64,65)(H,66,67)/b17-16+,25-21+/t26-,27-,28-,29-,32?,33+,34-,35-,36-,39?/m0/s1. The first-order valence-electron chi connectivity index (χ1n) is 22.2. The molecule has 0 aromatic heterocycles. The summed E-state index contributed by atoms with van der Waals surface area (Å²) >= 11 is 0. The predicted octanol–water partition coefficient (Wildman–Crippen LogP) is 1.04. The van der Waals surface area contributed by atoms with Crippen LogP contribution >= 0.6 is 0 Å². The molecule has 21 heteroatoms. The number of carboxylic acid groups (broad SMARTS) is 3. The molecule has 2 unspecified atom stereocenters. The van der Waals surface area contributed by atoms with Crippen molar-refractivity contribution in [2.75, 3.05) is 14.2 Å². The molecule has 1 aromatic carbocycles. The second-order valence-corrected chi connectivity index (χ2v) is 17.4. The average Bonchev–Trinajstić information content (AvgIpc) is 3.27. The van der Waals surface area contributed by atoms with Crippen molar-refractivity contribution in [2.45, 2.75) is 123 Å². The van der Waals surface area contributed by atoms with Gasteiger partial charge < -0.3 is 56.9 Å². The number of carboxylic acids is 3. The Kier molecular flexibility index (Phi) is 22.8. The zero-order valence-corrected chi connectivity index (χ0v) is 40.0. The number of benzene rings is 1. The lowest BCUT2D eigenvalue weighted by Crippen LogP contribution is -2.59. The van der Waals surface area contributed by atoms with Crippen LogP contribution in [-0.2, 0) is 59.1 Å². The molecule has 1 aliphatic rings. The zero-order chi connectivity index (χ0) is 51.6. The number of carbonyl (C=O) groups is 10. The van der Waals surface area contributed by atoms with Gasteiger partial charge in [-0.2, -0.15) is 0 Å². The van der Waals surface area contributed by atoms with Gasteiger partial charge in [-0.15, -0.1) is 0 Å². The molecule has 0 saturated carbocycles. The fraction of sp³-hybridized carbons (Fsp3) is 0.532. The third-order valence-electron chi connectivity index (χ3n) is 11.4. The van der Waals surface area contributed by atoms with Gasteiger partial charge in [0.25, 0.3) is 5.91 Å². The van der Waals surface area contributed by atoms with Gasteiger partial charge >= 0.3 is 17.9 Å². The minimum Gasteiger partial charge on any atom is -0.481 e. The maximum atomic E-state index is 13.8. The summed E-state index contributed by atoms with van der Waals surface area (Å²) in [4.78, 5) is 132. The van der Waals surface area contributed by atoms with Crippen LogP contribution in [0.1, 0.15) is 79.7 Å². The van der Waals surface area contributed by atoms with Crippen LogP contribution in [0.25, 0.3) is 0 Å². The second-order valence-electron chi connectivity index (χ2n) is 17.4. The van der Waals surface area contributed by atoms with E-state index in [2.05, 4.69) is 38.5 Å². The van der Waals surface area contributed by atoms with Crippen LogP contribution in [0.3, 0.4) is 0 Å². The molecular weight excluding hydrogens is 887 g/mol. The largest absolute Gasteiger partial charge is 0.481 e. The van der Waals surface area contributed by atoms with E-state index >= 15 is 0 Å². The van der Waals surface area contributed by atoms with E-state index in [0.717, 1.165) is 17.5 Å². The van der Waals surface area contributed by atoms with Crippen LogP contribution in [0.4, 0.5) is 0 Å². The number of amides is 7. The number of hydrogen-bond donors (Lipinski definition) is 9. The molecule has 0 aliphatic carbocycles. The van der Waals surface area contributed by atoms with E-state index < -0.39 is 132 Å². The van der Waals surface area contributed by atoms with Crippen LogP contribution in [-0.4, -0.2) is 136 Å². The Morgan fingerprint density at radius 1 is 0.794 bits per heavy atom. The molecule has 0 spiro atoms. The fourth-order valence-corrected chi connectivity index (χ4v) is 7.07. The molecule has 21 nitrogen and oxygen atoms in total. The summed E-state index contributed by atoms with van der Waals surface area (Å²) in [6, 6.07) is 0.272. The molecule has 1 aliphatic heterocycles. The van der Waals surface area contributed by atoms with Gasteiger partial charge in [-0.25, -0.2) is 9.59 Å². The summed E-state index contributed by atoms with van der Waals surface area (Å²) in [7, 11) is 2.73. The Bertz CT molecular complexity index is 2090. The van der Waals surface area contributed by atoms with E-state index in [4.69, 9.17) is 4.74 Å². The highest BCUT2D eigenvalue weighted by Gasteiger charge is 2.37. The molecule has 1 saturated heterocycles. The summed E-state index contributed by atoms with van der Waals surface area (Å²) in [6.45, 7) is 14.5. The molecule has 1 fully saturated rings. The summed E-state index contributed by atoms with van der Waals surface area (Å²) in [6.07, 6.45) is 3.34. The number of hydrogen-bond acceptors (Lipinski definition) is 11. The molecule has 7 amide bonds. The van der Waals surface area contributed by atoms with Crippen molar-refractivity contribution in [1.82, 2.24) is 36.8 Å². The minimum atomic E-state index is -1.92. The lowest BCUT2D eigenvalue weighted by atomic mass is 9.94. The number of aliphatic carboxylic acids is 3. The number of rotatable bonds is 13. The first kappa shape index (κ1) is 57.2. The van der Waals surface area contributed by atoms with Crippen LogP contribution in [0, 0.1) is 23.7 Å². The van der Waals surface area contributed by atoms with Gasteiger partial charge in [0.15, 0.2) is 0 Å². The van der Waals surface area contributed by atoms with Gasteiger partial charge in [-0.05, 0) is 44.6 Å². The lowest BCUT2D eigenvalue weighted by molar-refractivity contribution is -0.147. The van der Waals surface area contributed by atoms with E-state index in [9.17, 15) is 63.3 Å². The first-order valence-corrected chi connectivity index (χ1v) is 22.2. The van der Waals surface area contributed by atoms with Crippen molar-refractivity contribution in [3.63, 3.8) is 0 Å². The SMILES string of the molecule is C=C1C(=O)N[C@@H](CC(=O)O)C(=O)N[C@@H](CC(C)C)C(=O)NC(C(=O)O)[C@H](C)C(=O)N[C@@H](C)C(=O)NC(/C=C/C(C)=C/[C@H](C)[C@H](Cc2ccccc2)OC)[C@H](C)C(=O)N[C@@H](C(=O)O)CCC(=O)N1C. The molecular formula is C47H67N7O14. The molecule has 2 rings (SSSR count). The molecule has 68 heavy (non-hydrogen) atoms. The minimum absolute atomic E-state index is 0.110. The van der Waals surface area contributed by atoms with Gasteiger partial charge in [0, 0.05) is 26.5 Å². The Morgan fingerprint density at radius 2 is 1.40 bits per heavy atom. The van der Waals surface area contributed by atoms with Gasteiger partial charge in [0.05, 0.1) is 30.4 Å². The number of nitrogens with one attached hydrogen (secondary N) is 6. The van der Waals surface area contributed by atoms with Crippen molar-refractivity contribution in [3.8, 4) is 0 Å². The van der Waals surface area contributed by atoms with Crippen LogP contribution in [0.15, 0.2) is 66.4 Å². The molecule has 10 atom stereocenters. The van der Waals surface area contributed by atoms with Crippen molar-refractivity contribution >= 4 is 59.3 Å². The maximum Gasteiger partial charge on any atom is 0.327 e. The first-order chi connectivity index (χ1) is 31.8. The van der Waals surface area contributed by atoms with Crippen molar-refractivity contribution in [3.05, 3.63) is 72.0 Å². The van der Waals surface area contributed by atoms with Crippen LogP contribution in [0.2, 0.25) is 0 Å². The number of ether oxygens (including phenoxy) is 1. The number of carbonyl (C=O) groups excluding carboxylic acids is 7. The Labute approximate surface area is 395 Å². The average molecular weight is 954 g/mol. The summed E-state index contributed by atoms with van der Waals surface area (Å²) in [5.41, 5.74) is 1.20. The van der Waals surface area contributed by atoms with Gasteiger partial charge in [0.2, 0.25) is 35.4 Å². The quantitative estimate of drug-likeness (QED) is 0.0987. The molecule has 1 heterocycles. The highest BCUT2D eigenvalue weighted by atomic mass is 16.5. The van der Waals surface area contributed by atoms with E-state index in [1.807, 2.05) is 43.3 Å². The van der Waals surface area contributed by atoms with Crippen molar-refractivity contribution < 1.29 is 68.0 Å². The molecule has 1 aromatic rings. The van der Waals surface area contributed by atoms with Crippen molar-refractivity contribution in [1.29, 1.82) is 0 Å². The van der Waals surface area contributed by atoms with E-state index in [1.54, 1.807) is 34.0 Å². The Balaban J connectivity index is 2.63. The molecule has 9 N–H and O–H groups in total. The topological polar surface area (TPSA) is 316 Å². The fourth-order valence-electron chi connectivity index (χ4n) is 7.07. The van der Waals surface area contributed by atoms with Gasteiger partial charge in [-0.1, -0.05) is 95.3 Å². The predicted molar refractivity (Wildman–Crippen MR) is 247 cm³/mol.